The number of furan rings is 1. The molecule has 1 aromatic carbocycles. The molecule has 7 nitrogen and oxygen atoms in total. The minimum Gasteiger partial charge on any atom is -0.481 e. The van der Waals surface area contributed by atoms with Crippen molar-refractivity contribution in [3.8, 4) is 17.0 Å². The smallest absolute Gasteiger partial charge is 0.344 e. The molecule has 7 heteroatoms. The Morgan fingerprint density at radius 2 is 2.04 bits per heavy atom. The van der Waals surface area contributed by atoms with Crippen LogP contribution in [-0.4, -0.2) is 29.7 Å². The fraction of sp³-hybridized carbons (Fsp3) is 0.150. The van der Waals surface area contributed by atoms with Crippen LogP contribution in [0.4, 0.5) is 0 Å². The maximum absolute atomic E-state index is 12.8. The summed E-state index contributed by atoms with van der Waals surface area (Å²) in [4.78, 5) is 32.3. The molecule has 27 heavy (non-hydrogen) atoms. The SMILES string of the molecule is CCOC(=O)c1c(-c2cccnc2OC)c2oc3ccccc3c2[nH]c1=O. The van der Waals surface area contributed by atoms with E-state index in [0.29, 0.717) is 27.8 Å². The lowest BCUT2D eigenvalue weighted by Crippen LogP contribution is -2.21. The Kier molecular flexibility index (Phi) is 4.12. The number of aromatic amines is 1. The number of fused-ring (bicyclic) bond motifs is 3. The van der Waals surface area contributed by atoms with Crippen LogP contribution in [0.2, 0.25) is 0 Å². The summed E-state index contributed by atoms with van der Waals surface area (Å²) in [5.41, 5.74) is 1.53. The van der Waals surface area contributed by atoms with E-state index in [4.69, 9.17) is 13.9 Å². The third-order valence-corrected chi connectivity index (χ3v) is 4.25. The van der Waals surface area contributed by atoms with Gasteiger partial charge in [-0.2, -0.15) is 0 Å². The van der Waals surface area contributed by atoms with Crippen molar-refractivity contribution >= 4 is 28.0 Å². The van der Waals surface area contributed by atoms with Crippen molar-refractivity contribution in [1.29, 1.82) is 0 Å². The van der Waals surface area contributed by atoms with Crippen LogP contribution in [0.25, 0.3) is 33.2 Å². The van der Waals surface area contributed by atoms with E-state index < -0.39 is 11.5 Å². The van der Waals surface area contributed by atoms with Gasteiger partial charge in [0.1, 0.15) is 11.1 Å². The Bertz CT molecular complexity index is 1220. The van der Waals surface area contributed by atoms with Gasteiger partial charge >= 0.3 is 5.97 Å². The number of H-pyrrole nitrogens is 1. The highest BCUT2D eigenvalue weighted by Crippen LogP contribution is 2.38. The number of nitrogens with one attached hydrogen (secondary N) is 1. The minimum absolute atomic E-state index is 0.139. The number of hydrogen-bond donors (Lipinski definition) is 1. The third kappa shape index (κ3) is 2.64. The average Bonchev–Trinajstić information content (AvgIpc) is 3.05. The minimum atomic E-state index is -0.734. The van der Waals surface area contributed by atoms with E-state index in [1.54, 1.807) is 31.3 Å². The number of ether oxygens (including phenoxy) is 2. The molecule has 0 aliphatic carbocycles. The first kappa shape index (κ1) is 16.8. The number of carbonyl (C=O) groups excluding carboxylic acids is 1. The zero-order chi connectivity index (χ0) is 19.0. The van der Waals surface area contributed by atoms with Gasteiger partial charge in [-0.05, 0) is 31.2 Å². The average molecular weight is 364 g/mol. The van der Waals surface area contributed by atoms with Crippen LogP contribution in [0.5, 0.6) is 5.88 Å². The summed E-state index contributed by atoms with van der Waals surface area (Å²) in [5.74, 6) is -0.461. The molecule has 0 saturated carbocycles. The number of carbonyl (C=O) groups is 1. The van der Waals surface area contributed by atoms with Crippen LogP contribution in [0.3, 0.4) is 0 Å². The summed E-state index contributed by atoms with van der Waals surface area (Å²) < 4.78 is 16.4. The van der Waals surface area contributed by atoms with E-state index in [1.807, 2.05) is 18.2 Å². The first-order valence-electron chi connectivity index (χ1n) is 8.39. The van der Waals surface area contributed by atoms with Crippen molar-refractivity contribution in [2.24, 2.45) is 0 Å². The Balaban J connectivity index is 2.19. The molecule has 0 aliphatic rings. The van der Waals surface area contributed by atoms with Gasteiger partial charge in [-0.1, -0.05) is 12.1 Å². The molecule has 3 aromatic heterocycles. The van der Waals surface area contributed by atoms with E-state index in [1.165, 1.54) is 7.11 Å². The Morgan fingerprint density at radius 3 is 2.81 bits per heavy atom. The van der Waals surface area contributed by atoms with Crippen LogP contribution in [-0.2, 0) is 4.74 Å². The highest BCUT2D eigenvalue weighted by Gasteiger charge is 2.27. The fourth-order valence-electron chi connectivity index (χ4n) is 3.15. The van der Waals surface area contributed by atoms with E-state index in [-0.39, 0.29) is 18.1 Å². The molecule has 0 aliphatic heterocycles. The maximum Gasteiger partial charge on any atom is 0.344 e. The summed E-state index contributed by atoms with van der Waals surface area (Å²) >= 11 is 0. The predicted octanol–water partition coefficient (Wildman–Crippen LogP) is 3.52. The lowest BCUT2D eigenvalue weighted by atomic mass is 10.0. The zero-order valence-electron chi connectivity index (χ0n) is 14.7. The number of benzene rings is 1. The number of aromatic nitrogens is 2. The van der Waals surface area contributed by atoms with E-state index in [2.05, 4.69) is 9.97 Å². The molecule has 136 valence electrons. The van der Waals surface area contributed by atoms with Crippen molar-refractivity contribution in [2.75, 3.05) is 13.7 Å². The molecule has 0 spiro atoms. The molecule has 0 fully saturated rings. The zero-order valence-corrected chi connectivity index (χ0v) is 14.7. The first-order valence-corrected chi connectivity index (χ1v) is 8.39. The Labute approximate surface area is 153 Å². The number of para-hydroxylation sites is 1. The number of methoxy groups -OCH3 is 1. The van der Waals surface area contributed by atoms with Crippen LogP contribution in [0.15, 0.2) is 51.8 Å². The molecule has 3 heterocycles. The second-order valence-corrected chi connectivity index (χ2v) is 5.79. The Hall–Kier alpha value is -3.61. The summed E-state index contributed by atoms with van der Waals surface area (Å²) in [6.45, 7) is 1.82. The van der Waals surface area contributed by atoms with Crippen LogP contribution < -0.4 is 10.3 Å². The van der Waals surface area contributed by atoms with E-state index in [0.717, 1.165) is 5.39 Å². The summed E-state index contributed by atoms with van der Waals surface area (Å²) in [6.07, 6.45) is 1.56. The lowest BCUT2D eigenvalue weighted by molar-refractivity contribution is 0.0525. The number of esters is 1. The van der Waals surface area contributed by atoms with Crippen molar-refractivity contribution in [2.45, 2.75) is 6.92 Å². The molecule has 0 unspecified atom stereocenters. The van der Waals surface area contributed by atoms with Crippen LogP contribution >= 0.6 is 0 Å². The van der Waals surface area contributed by atoms with Crippen molar-refractivity contribution in [3.05, 3.63) is 58.5 Å². The predicted molar refractivity (Wildman–Crippen MR) is 100 cm³/mol. The highest BCUT2D eigenvalue weighted by molar-refractivity contribution is 6.12. The van der Waals surface area contributed by atoms with Gasteiger partial charge in [0.15, 0.2) is 5.58 Å². The van der Waals surface area contributed by atoms with Gasteiger partial charge in [0.25, 0.3) is 5.56 Å². The second-order valence-electron chi connectivity index (χ2n) is 5.79. The monoisotopic (exact) mass is 364 g/mol. The summed E-state index contributed by atoms with van der Waals surface area (Å²) in [7, 11) is 1.47. The number of pyridine rings is 2. The highest BCUT2D eigenvalue weighted by atomic mass is 16.5. The first-order chi connectivity index (χ1) is 13.2. The summed E-state index contributed by atoms with van der Waals surface area (Å²) in [6, 6.07) is 10.7. The summed E-state index contributed by atoms with van der Waals surface area (Å²) in [5, 5.41) is 0.740. The fourth-order valence-corrected chi connectivity index (χ4v) is 3.15. The number of rotatable bonds is 4. The molecule has 0 amide bonds. The van der Waals surface area contributed by atoms with Crippen LogP contribution in [0, 0.1) is 0 Å². The van der Waals surface area contributed by atoms with Gasteiger partial charge in [-0.3, -0.25) is 4.79 Å². The number of hydrogen-bond acceptors (Lipinski definition) is 6. The van der Waals surface area contributed by atoms with Gasteiger partial charge in [0.2, 0.25) is 5.88 Å². The molecule has 4 aromatic rings. The van der Waals surface area contributed by atoms with E-state index in [9.17, 15) is 9.59 Å². The molecule has 4 rings (SSSR count). The molecule has 0 saturated heterocycles. The van der Waals surface area contributed by atoms with Gasteiger partial charge in [-0.25, -0.2) is 9.78 Å². The van der Waals surface area contributed by atoms with Crippen molar-refractivity contribution in [1.82, 2.24) is 9.97 Å². The molecule has 0 bridgehead atoms. The third-order valence-electron chi connectivity index (χ3n) is 4.25. The molecular formula is C20H16N2O5. The second kappa shape index (κ2) is 6.60. The molecule has 0 atom stereocenters. The maximum atomic E-state index is 12.8. The topological polar surface area (TPSA) is 94.4 Å². The Morgan fingerprint density at radius 1 is 1.22 bits per heavy atom. The largest absolute Gasteiger partial charge is 0.481 e. The number of nitrogens with zero attached hydrogens (tertiary/aromatic N) is 1. The van der Waals surface area contributed by atoms with Gasteiger partial charge in [0, 0.05) is 17.1 Å². The van der Waals surface area contributed by atoms with Gasteiger partial charge < -0.3 is 18.9 Å². The molecule has 1 N–H and O–H groups in total. The molecule has 0 radical (unpaired) electrons. The standard InChI is InChI=1S/C20H16N2O5/c1-3-26-20(24)15-14(12-8-6-10-21-19(12)25-2)17-16(22-18(15)23)11-7-4-5-9-13(11)27-17/h4-10H,3H2,1-2H3,(H,22,23). The molecular weight excluding hydrogens is 348 g/mol. The lowest BCUT2D eigenvalue weighted by Gasteiger charge is -2.11. The van der Waals surface area contributed by atoms with Gasteiger partial charge in [0.05, 0.1) is 24.8 Å². The normalized spacial score (nSPS) is 11.0. The van der Waals surface area contributed by atoms with E-state index >= 15 is 0 Å². The van der Waals surface area contributed by atoms with Gasteiger partial charge in [-0.15, -0.1) is 0 Å². The van der Waals surface area contributed by atoms with Crippen molar-refractivity contribution in [3.63, 3.8) is 0 Å². The quantitative estimate of drug-likeness (QED) is 0.557. The van der Waals surface area contributed by atoms with Crippen LogP contribution in [0.1, 0.15) is 17.3 Å². The van der Waals surface area contributed by atoms with Crippen molar-refractivity contribution < 1.29 is 18.7 Å².